The molecule has 0 aromatic heterocycles. The number of benzene rings is 1. The van der Waals surface area contributed by atoms with Gasteiger partial charge in [0.25, 0.3) is 0 Å². The Morgan fingerprint density at radius 3 is 2.31 bits per heavy atom. The van der Waals surface area contributed by atoms with Crippen LogP contribution in [0.1, 0.15) is 31.2 Å². The quantitative estimate of drug-likeness (QED) is 0.780. The lowest BCUT2D eigenvalue weighted by Crippen LogP contribution is -2.45. The van der Waals surface area contributed by atoms with E-state index >= 15 is 0 Å². The third-order valence-corrected chi connectivity index (χ3v) is 5.31. The van der Waals surface area contributed by atoms with Gasteiger partial charge < -0.3 is 9.80 Å². The molecule has 1 aromatic rings. The van der Waals surface area contributed by atoms with Crippen molar-refractivity contribution < 1.29 is 14.0 Å². The lowest BCUT2D eigenvalue weighted by atomic mass is 9.93. The summed E-state index contributed by atoms with van der Waals surface area (Å²) in [5.41, 5.74) is 1.80. The first-order chi connectivity index (χ1) is 12.6. The van der Waals surface area contributed by atoms with E-state index in [0.29, 0.717) is 44.6 Å². The summed E-state index contributed by atoms with van der Waals surface area (Å²) < 4.78 is 13.8. The summed E-state index contributed by atoms with van der Waals surface area (Å²) in [7, 11) is 0. The zero-order valence-corrected chi connectivity index (χ0v) is 15.0. The van der Waals surface area contributed by atoms with Gasteiger partial charge in [0.1, 0.15) is 5.82 Å². The Morgan fingerprint density at radius 1 is 1.04 bits per heavy atom. The highest BCUT2D eigenvalue weighted by Crippen LogP contribution is 2.25. The molecular weight excluding hydrogens is 331 g/mol. The maximum absolute atomic E-state index is 13.8. The predicted octanol–water partition coefficient (Wildman–Crippen LogP) is 3.26. The minimum Gasteiger partial charge on any atom is -0.342 e. The second-order valence-corrected chi connectivity index (χ2v) is 6.95. The van der Waals surface area contributed by atoms with Crippen LogP contribution in [0, 0.1) is 11.7 Å². The fourth-order valence-corrected chi connectivity index (χ4v) is 3.70. The Bertz CT molecular complexity index is 710. The normalized spacial score (nSPS) is 18.6. The Kier molecular flexibility index (Phi) is 5.86. The van der Waals surface area contributed by atoms with E-state index in [4.69, 9.17) is 0 Å². The van der Waals surface area contributed by atoms with Crippen molar-refractivity contribution in [3.8, 4) is 0 Å². The van der Waals surface area contributed by atoms with Crippen molar-refractivity contribution in [2.24, 2.45) is 5.92 Å². The summed E-state index contributed by atoms with van der Waals surface area (Å²) in [6, 6.07) is 6.76. The number of nitrogens with zero attached hydrogens (tertiary/aromatic N) is 2. The summed E-state index contributed by atoms with van der Waals surface area (Å²) >= 11 is 0. The molecule has 2 amide bonds. The van der Waals surface area contributed by atoms with Gasteiger partial charge in [-0.3, -0.25) is 9.59 Å². The number of hydrogen-bond donors (Lipinski definition) is 0. The summed E-state index contributed by atoms with van der Waals surface area (Å²) in [5.74, 6) is -0.0715. The number of carbonyl (C=O) groups excluding carboxylic acids is 2. The molecule has 4 nitrogen and oxygen atoms in total. The highest BCUT2D eigenvalue weighted by atomic mass is 19.1. The first kappa shape index (κ1) is 18.4. The topological polar surface area (TPSA) is 40.6 Å². The second kappa shape index (κ2) is 8.30. The van der Waals surface area contributed by atoms with Gasteiger partial charge in [-0.25, -0.2) is 4.39 Å². The van der Waals surface area contributed by atoms with Crippen LogP contribution in [0.2, 0.25) is 0 Å². The maximum Gasteiger partial charge on any atom is 0.245 e. The standard InChI is InChI=1S/C21H25FN2O2/c1-2-20(25)23-13-9-17(10-14-23)21(26)24-11-7-16(8-12-24)15-18-5-3-4-6-19(18)22/h2-6,15,17H,1,7-14H2. The Labute approximate surface area is 154 Å². The molecule has 0 radical (unpaired) electrons. The molecular formula is C21H25FN2O2. The number of hydrogen-bond acceptors (Lipinski definition) is 2. The molecule has 2 fully saturated rings. The molecule has 2 heterocycles. The van der Waals surface area contributed by atoms with Crippen LogP contribution in [0.3, 0.4) is 0 Å². The Hall–Kier alpha value is -2.43. The van der Waals surface area contributed by atoms with E-state index in [1.165, 1.54) is 17.7 Å². The molecule has 5 heteroatoms. The molecule has 0 atom stereocenters. The highest BCUT2D eigenvalue weighted by molar-refractivity contribution is 5.87. The average Bonchev–Trinajstić information content (AvgIpc) is 2.69. The van der Waals surface area contributed by atoms with Gasteiger partial charge in [0.05, 0.1) is 0 Å². The number of likely N-dealkylation sites (tertiary alicyclic amines) is 2. The van der Waals surface area contributed by atoms with E-state index in [0.717, 1.165) is 12.8 Å². The van der Waals surface area contributed by atoms with Gasteiger partial charge in [-0.1, -0.05) is 36.4 Å². The second-order valence-electron chi connectivity index (χ2n) is 6.95. The fourth-order valence-electron chi connectivity index (χ4n) is 3.70. The zero-order valence-electron chi connectivity index (χ0n) is 15.0. The van der Waals surface area contributed by atoms with E-state index in [1.54, 1.807) is 17.0 Å². The molecule has 0 bridgehead atoms. The molecule has 1 aromatic carbocycles. The Balaban J connectivity index is 1.52. The van der Waals surface area contributed by atoms with Crippen LogP contribution in [0.25, 0.3) is 6.08 Å². The van der Waals surface area contributed by atoms with Crippen LogP contribution in [0.15, 0.2) is 42.5 Å². The van der Waals surface area contributed by atoms with Gasteiger partial charge >= 0.3 is 0 Å². The first-order valence-corrected chi connectivity index (χ1v) is 9.22. The number of piperidine rings is 2. The van der Waals surface area contributed by atoms with Crippen LogP contribution in [0.4, 0.5) is 4.39 Å². The van der Waals surface area contributed by atoms with Crippen LogP contribution < -0.4 is 0 Å². The van der Waals surface area contributed by atoms with Gasteiger partial charge in [0.15, 0.2) is 0 Å². The largest absolute Gasteiger partial charge is 0.342 e. The van der Waals surface area contributed by atoms with Gasteiger partial charge in [-0.15, -0.1) is 0 Å². The minimum atomic E-state index is -0.209. The summed E-state index contributed by atoms with van der Waals surface area (Å²) in [5, 5.41) is 0. The molecule has 26 heavy (non-hydrogen) atoms. The van der Waals surface area contributed by atoms with E-state index in [9.17, 15) is 14.0 Å². The molecule has 0 unspecified atom stereocenters. The molecule has 2 saturated heterocycles. The summed E-state index contributed by atoms with van der Waals surface area (Å²) in [6.07, 6.45) is 6.24. The molecule has 2 aliphatic heterocycles. The SMILES string of the molecule is C=CC(=O)N1CCC(C(=O)N2CCC(=Cc3ccccc3F)CC2)CC1. The molecule has 0 aliphatic carbocycles. The summed E-state index contributed by atoms with van der Waals surface area (Å²) in [4.78, 5) is 28.1. The highest BCUT2D eigenvalue weighted by Gasteiger charge is 2.30. The third-order valence-electron chi connectivity index (χ3n) is 5.31. The maximum atomic E-state index is 13.8. The third kappa shape index (κ3) is 4.21. The molecule has 2 aliphatic rings. The molecule has 0 saturated carbocycles. The van der Waals surface area contributed by atoms with E-state index in [-0.39, 0.29) is 23.5 Å². The fraction of sp³-hybridized carbons (Fsp3) is 0.429. The Morgan fingerprint density at radius 2 is 1.69 bits per heavy atom. The van der Waals surface area contributed by atoms with Gasteiger partial charge in [-0.05, 0) is 37.8 Å². The number of halogens is 1. The first-order valence-electron chi connectivity index (χ1n) is 9.22. The lowest BCUT2D eigenvalue weighted by Gasteiger charge is -2.35. The van der Waals surface area contributed by atoms with Crippen molar-refractivity contribution in [3.05, 3.63) is 53.9 Å². The van der Waals surface area contributed by atoms with Crippen LogP contribution in [-0.4, -0.2) is 47.8 Å². The number of rotatable bonds is 3. The van der Waals surface area contributed by atoms with Gasteiger partial charge in [0.2, 0.25) is 11.8 Å². The van der Waals surface area contributed by atoms with Crippen molar-refractivity contribution in [3.63, 3.8) is 0 Å². The smallest absolute Gasteiger partial charge is 0.245 e. The van der Waals surface area contributed by atoms with E-state index in [2.05, 4.69) is 6.58 Å². The molecule has 138 valence electrons. The van der Waals surface area contributed by atoms with E-state index < -0.39 is 0 Å². The van der Waals surface area contributed by atoms with Crippen LogP contribution >= 0.6 is 0 Å². The monoisotopic (exact) mass is 356 g/mol. The molecule has 3 rings (SSSR count). The van der Waals surface area contributed by atoms with Gasteiger partial charge in [-0.2, -0.15) is 0 Å². The summed E-state index contributed by atoms with van der Waals surface area (Å²) in [6.45, 7) is 6.12. The van der Waals surface area contributed by atoms with Gasteiger partial charge in [0, 0.05) is 37.7 Å². The van der Waals surface area contributed by atoms with Crippen LogP contribution in [-0.2, 0) is 9.59 Å². The van der Waals surface area contributed by atoms with Crippen molar-refractivity contribution >= 4 is 17.9 Å². The molecule has 0 N–H and O–H groups in total. The van der Waals surface area contributed by atoms with Crippen molar-refractivity contribution in [1.82, 2.24) is 9.80 Å². The number of carbonyl (C=O) groups is 2. The van der Waals surface area contributed by atoms with Crippen molar-refractivity contribution in [2.45, 2.75) is 25.7 Å². The zero-order chi connectivity index (χ0) is 18.5. The minimum absolute atomic E-state index is 0.000891. The van der Waals surface area contributed by atoms with E-state index in [1.807, 2.05) is 17.0 Å². The predicted molar refractivity (Wildman–Crippen MR) is 99.7 cm³/mol. The van der Waals surface area contributed by atoms with Crippen LogP contribution in [0.5, 0.6) is 0 Å². The number of amides is 2. The van der Waals surface area contributed by atoms with Crippen molar-refractivity contribution in [2.75, 3.05) is 26.2 Å². The lowest BCUT2D eigenvalue weighted by molar-refractivity contribution is -0.139. The average molecular weight is 356 g/mol. The molecule has 0 spiro atoms. The van der Waals surface area contributed by atoms with Crippen molar-refractivity contribution in [1.29, 1.82) is 0 Å².